The minimum atomic E-state index is -0.0753. The zero-order valence-electron chi connectivity index (χ0n) is 14.0. The van der Waals surface area contributed by atoms with Gasteiger partial charge in [-0.25, -0.2) is 9.78 Å². The fraction of sp³-hybridized carbons (Fsp3) is 0.353. The first-order chi connectivity index (χ1) is 12.2. The molecule has 8 heteroatoms. The summed E-state index contributed by atoms with van der Waals surface area (Å²) in [5, 5.41) is 10.5. The van der Waals surface area contributed by atoms with Gasteiger partial charge in [-0.1, -0.05) is 12.1 Å². The number of aromatic nitrogens is 3. The van der Waals surface area contributed by atoms with E-state index in [0.29, 0.717) is 18.8 Å². The summed E-state index contributed by atoms with van der Waals surface area (Å²) in [5.74, 6) is 0. The molecule has 3 heterocycles. The Morgan fingerprint density at radius 2 is 2.08 bits per heavy atom. The molecule has 25 heavy (non-hydrogen) atoms. The van der Waals surface area contributed by atoms with E-state index in [4.69, 9.17) is 4.98 Å². The standard InChI is InChI=1S/C17H20N6OS/c1-12(16-21-14-4-2-3-5-15(14)25-16)22-6-8-23(9-7-22)17(24)20-13-10-18-19-11-13/h2-5,10-12H,6-9H2,1H3,(H,18,19)(H,20,24)/t12-/m1/s1. The number of urea groups is 1. The molecule has 4 rings (SSSR count). The molecular weight excluding hydrogens is 336 g/mol. The second-order valence-electron chi connectivity index (χ2n) is 6.14. The Morgan fingerprint density at radius 3 is 2.80 bits per heavy atom. The topological polar surface area (TPSA) is 77.2 Å². The van der Waals surface area contributed by atoms with Gasteiger partial charge >= 0.3 is 6.03 Å². The first-order valence-electron chi connectivity index (χ1n) is 8.35. The number of fused-ring (bicyclic) bond motifs is 1. The second-order valence-corrected chi connectivity index (χ2v) is 7.20. The Balaban J connectivity index is 1.37. The smallest absolute Gasteiger partial charge is 0.322 e. The number of thiazole rings is 1. The van der Waals surface area contributed by atoms with E-state index in [1.165, 1.54) is 4.70 Å². The molecule has 3 aromatic rings. The van der Waals surface area contributed by atoms with Crippen molar-refractivity contribution in [2.45, 2.75) is 13.0 Å². The molecule has 7 nitrogen and oxygen atoms in total. The van der Waals surface area contributed by atoms with Crippen LogP contribution in [0.3, 0.4) is 0 Å². The number of carbonyl (C=O) groups is 1. The lowest BCUT2D eigenvalue weighted by atomic mass is 10.2. The van der Waals surface area contributed by atoms with Gasteiger partial charge in [0.1, 0.15) is 5.01 Å². The van der Waals surface area contributed by atoms with Crippen molar-refractivity contribution in [2.75, 3.05) is 31.5 Å². The maximum atomic E-state index is 12.3. The number of benzene rings is 1. The van der Waals surface area contributed by atoms with Crippen LogP contribution >= 0.6 is 11.3 Å². The Labute approximate surface area is 149 Å². The number of aromatic amines is 1. The third kappa shape index (κ3) is 3.35. The molecule has 2 amide bonds. The fourth-order valence-corrected chi connectivity index (χ4v) is 4.11. The first kappa shape index (κ1) is 16.0. The third-order valence-corrected chi connectivity index (χ3v) is 5.77. The maximum absolute atomic E-state index is 12.3. The van der Waals surface area contributed by atoms with E-state index in [9.17, 15) is 4.79 Å². The van der Waals surface area contributed by atoms with Crippen LogP contribution in [0.25, 0.3) is 10.2 Å². The van der Waals surface area contributed by atoms with Crippen molar-refractivity contribution in [1.29, 1.82) is 0 Å². The summed E-state index contributed by atoms with van der Waals surface area (Å²) in [5.41, 5.74) is 1.75. The number of carbonyl (C=O) groups excluding carboxylic acids is 1. The second kappa shape index (κ2) is 6.81. The van der Waals surface area contributed by atoms with Crippen LogP contribution in [0, 0.1) is 0 Å². The highest BCUT2D eigenvalue weighted by Crippen LogP contribution is 2.29. The van der Waals surface area contributed by atoms with E-state index in [1.807, 2.05) is 17.0 Å². The summed E-state index contributed by atoms with van der Waals surface area (Å²) in [6, 6.07) is 8.42. The highest BCUT2D eigenvalue weighted by molar-refractivity contribution is 7.18. The number of piperazine rings is 1. The average molecular weight is 356 g/mol. The van der Waals surface area contributed by atoms with Gasteiger partial charge in [0.2, 0.25) is 0 Å². The lowest BCUT2D eigenvalue weighted by Gasteiger charge is -2.37. The van der Waals surface area contributed by atoms with Gasteiger partial charge in [0, 0.05) is 32.4 Å². The number of H-pyrrole nitrogens is 1. The molecule has 0 aliphatic carbocycles. The molecule has 1 atom stereocenters. The van der Waals surface area contributed by atoms with Crippen LogP contribution in [0.1, 0.15) is 18.0 Å². The molecular formula is C17H20N6OS. The molecule has 0 bridgehead atoms. The molecule has 2 aromatic heterocycles. The van der Waals surface area contributed by atoms with Crippen molar-refractivity contribution in [3.05, 3.63) is 41.7 Å². The maximum Gasteiger partial charge on any atom is 0.322 e. The van der Waals surface area contributed by atoms with Gasteiger partial charge in [-0.3, -0.25) is 10.00 Å². The molecule has 1 saturated heterocycles. The Kier molecular flexibility index (Phi) is 4.37. The molecule has 1 aliphatic heterocycles. The van der Waals surface area contributed by atoms with Gasteiger partial charge in [0.15, 0.2) is 0 Å². The Hall–Kier alpha value is -2.45. The van der Waals surface area contributed by atoms with Crippen LogP contribution < -0.4 is 5.32 Å². The van der Waals surface area contributed by atoms with E-state index in [2.05, 4.69) is 39.5 Å². The van der Waals surface area contributed by atoms with Crippen molar-refractivity contribution in [3.8, 4) is 0 Å². The minimum absolute atomic E-state index is 0.0753. The van der Waals surface area contributed by atoms with E-state index in [0.717, 1.165) is 23.6 Å². The van der Waals surface area contributed by atoms with Gasteiger partial charge < -0.3 is 10.2 Å². The number of anilines is 1. The number of para-hydroxylation sites is 1. The van der Waals surface area contributed by atoms with Gasteiger partial charge in [-0.15, -0.1) is 11.3 Å². The summed E-state index contributed by atoms with van der Waals surface area (Å²) in [6.45, 7) is 5.29. The van der Waals surface area contributed by atoms with Crippen LogP contribution in [0.5, 0.6) is 0 Å². The van der Waals surface area contributed by atoms with Crippen molar-refractivity contribution < 1.29 is 4.79 Å². The summed E-state index contributed by atoms with van der Waals surface area (Å²) < 4.78 is 1.22. The molecule has 0 radical (unpaired) electrons. The van der Waals surface area contributed by atoms with Crippen molar-refractivity contribution in [2.24, 2.45) is 0 Å². The summed E-state index contributed by atoms with van der Waals surface area (Å²) in [4.78, 5) is 21.3. The zero-order valence-corrected chi connectivity index (χ0v) is 14.8. The first-order valence-corrected chi connectivity index (χ1v) is 9.16. The number of nitrogens with zero attached hydrogens (tertiary/aromatic N) is 4. The molecule has 0 saturated carbocycles. The predicted octanol–water partition coefficient (Wildman–Crippen LogP) is 2.93. The number of rotatable bonds is 3. The molecule has 1 aromatic carbocycles. The van der Waals surface area contributed by atoms with Crippen LogP contribution in [-0.4, -0.2) is 57.2 Å². The predicted molar refractivity (Wildman–Crippen MR) is 98.8 cm³/mol. The summed E-state index contributed by atoms with van der Waals surface area (Å²) in [6.07, 6.45) is 3.27. The summed E-state index contributed by atoms with van der Waals surface area (Å²) >= 11 is 1.75. The number of hydrogen-bond donors (Lipinski definition) is 2. The van der Waals surface area contributed by atoms with Crippen LogP contribution in [-0.2, 0) is 0 Å². The van der Waals surface area contributed by atoms with Gasteiger partial charge in [0.25, 0.3) is 0 Å². The minimum Gasteiger partial charge on any atom is -0.322 e. The van der Waals surface area contributed by atoms with Crippen LogP contribution in [0.15, 0.2) is 36.7 Å². The van der Waals surface area contributed by atoms with Crippen molar-refractivity contribution in [3.63, 3.8) is 0 Å². The largest absolute Gasteiger partial charge is 0.322 e. The van der Waals surface area contributed by atoms with E-state index in [-0.39, 0.29) is 12.1 Å². The highest BCUT2D eigenvalue weighted by atomic mass is 32.1. The average Bonchev–Trinajstić information content (AvgIpc) is 3.30. The highest BCUT2D eigenvalue weighted by Gasteiger charge is 2.26. The summed E-state index contributed by atoms with van der Waals surface area (Å²) in [7, 11) is 0. The monoisotopic (exact) mass is 356 g/mol. The van der Waals surface area contributed by atoms with Crippen LogP contribution in [0.4, 0.5) is 10.5 Å². The third-order valence-electron chi connectivity index (χ3n) is 4.57. The van der Waals surface area contributed by atoms with Gasteiger partial charge in [-0.2, -0.15) is 5.10 Å². The normalized spacial score (nSPS) is 16.9. The molecule has 1 fully saturated rings. The van der Waals surface area contributed by atoms with Crippen molar-refractivity contribution >= 4 is 33.3 Å². The molecule has 0 spiro atoms. The van der Waals surface area contributed by atoms with E-state index < -0.39 is 0 Å². The Bertz CT molecular complexity index is 820. The lowest BCUT2D eigenvalue weighted by Crippen LogP contribution is -2.50. The van der Waals surface area contributed by atoms with E-state index >= 15 is 0 Å². The molecule has 130 valence electrons. The van der Waals surface area contributed by atoms with Gasteiger partial charge in [0.05, 0.1) is 28.1 Å². The lowest BCUT2D eigenvalue weighted by molar-refractivity contribution is 0.119. The SMILES string of the molecule is C[C@H](c1nc2ccccc2s1)N1CCN(C(=O)Nc2cn[nH]c2)CC1. The number of amides is 2. The molecule has 1 aliphatic rings. The van der Waals surface area contributed by atoms with E-state index in [1.54, 1.807) is 23.7 Å². The fourth-order valence-electron chi connectivity index (χ4n) is 3.06. The van der Waals surface area contributed by atoms with Crippen molar-refractivity contribution in [1.82, 2.24) is 25.0 Å². The molecule has 2 N–H and O–H groups in total. The molecule has 0 unspecified atom stereocenters. The van der Waals surface area contributed by atoms with Crippen LogP contribution in [0.2, 0.25) is 0 Å². The zero-order chi connectivity index (χ0) is 17.2. The van der Waals surface area contributed by atoms with Gasteiger partial charge in [-0.05, 0) is 19.1 Å². The number of hydrogen-bond acceptors (Lipinski definition) is 5. The Morgan fingerprint density at radius 1 is 1.28 bits per heavy atom. The quantitative estimate of drug-likeness (QED) is 0.756. The number of nitrogens with one attached hydrogen (secondary N) is 2.